The van der Waals surface area contributed by atoms with Gasteiger partial charge in [-0.3, -0.25) is 9.69 Å². The summed E-state index contributed by atoms with van der Waals surface area (Å²) in [6.45, 7) is 5.45. The first kappa shape index (κ1) is 18.4. The van der Waals surface area contributed by atoms with Crippen LogP contribution in [0.1, 0.15) is 18.5 Å². The van der Waals surface area contributed by atoms with Gasteiger partial charge in [-0.15, -0.1) is 0 Å². The van der Waals surface area contributed by atoms with Crippen LogP contribution in [0.3, 0.4) is 0 Å². The van der Waals surface area contributed by atoms with Crippen LogP contribution in [-0.4, -0.2) is 23.4 Å². The third kappa shape index (κ3) is 2.82. The Balaban J connectivity index is 1.87. The maximum absolute atomic E-state index is 13.9. The van der Waals surface area contributed by atoms with Crippen molar-refractivity contribution >= 4 is 29.0 Å². The number of carbonyl (C=O) groups excluding carboxylic acids is 1. The molecule has 2 aliphatic rings. The van der Waals surface area contributed by atoms with Crippen LogP contribution in [0.15, 0.2) is 61.2 Å². The van der Waals surface area contributed by atoms with Crippen molar-refractivity contribution in [3.8, 4) is 5.75 Å². The minimum absolute atomic E-state index is 0.0875. The summed E-state index contributed by atoms with van der Waals surface area (Å²) in [7, 11) is 0. The van der Waals surface area contributed by atoms with Gasteiger partial charge in [0.2, 0.25) is 5.72 Å². The predicted molar refractivity (Wildman–Crippen MR) is 107 cm³/mol. The Kier molecular flexibility index (Phi) is 4.55. The van der Waals surface area contributed by atoms with Gasteiger partial charge in [0.25, 0.3) is 0 Å². The zero-order chi connectivity index (χ0) is 19.9. The minimum Gasteiger partial charge on any atom is -0.466 e. The van der Waals surface area contributed by atoms with Crippen molar-refractivity contribution in [1.82, 2.24) is 5.32 Å². The number of carbonyl (C=O) groups is 1. The predicted octanol–water partition coefficient (Wildman–Crippen LogP) is 3.72. The molecule has 2 aliphatic heterocycles. The summed E-state index contributed by atoms with van der Waals surface area (Å²) in [4.78, 5) is 14.6. The molecule has 2 bridgehead atoms. The second-order valence-corrected chi connectivity index (χ2v) is 7.22. The van der Waals surface area contributed by atoms with Crippen LogP contribution in [-0.2, 0) is 9.53 Å². The quantitative estimate of drug-likeness (QED) is 0.481. The monoisotopic (exact) mass is 398 g/mol. The number of hydrogen-bond donors (Lipinski definition) is 1. The average molecular weight is 398 g/mol. The highest BCUT2D eigenvalue weighted by atomic mass is 32.1. The fourth-order valence-electron chi connectivity index (χ4n) is 3.92. The van der Waals surface area contributed by atoms with Crippen molar-refractivity contribution in [1.29, 1.82) is 0 Å². The number of rotatable bonds is 4. The van der Waals surface area contributed by atoms with E-state index in [0.29, 0.717) is 16.5 Å². The van der Waals surface area contributed by atoms with E-state index in [9.17, 15) is 9.18 Å². The molecule has 2 aromatic rings. The van der Waals surface area contributed by atoms with Gasteiger partial charge in [0.1, 0.15) is 24.1 Å². The van der Waals surface area contributed by atoms with E-state index in [0.717, 1.165) is 5.56 Å². The van der Waals surface area contributed by atoms with Gasteiger partial charge in [-0.05, 0) is 43.4 Å². The first-order valence-electron chi connectivity index (χ1n) is 8.87. The summed E-state index contributed by atoms with van der Waals surface area (Å²) < 4.78 is 25.6. The molecule has 1 saturated heterocycles. The summed E-state index contributed by atoms with van der Waals surface area (Å²) in [6, 6.07) is 13.1. The molecule has 3 atom stereocenters. The number of anilines is 1. The van der Waals surface area contributed by atoms with E-state index < -0.39 is 29.5 Å². The molecule has 2 heterocycles. The fraction of sp³-hybridized carbons (Fsp3) is 0.238. The van der Waals surface area contributed by atoms with Crippen molar-refractivity contribution in [2.75, 3.05) is 11.5 Å². The molecule has 1 fully saturated rings. The SMILES string of the molecule is C=CCOC(=O)C1C2NC(=S)N(c3cccc(F)c3)C1(C)Oc1ccccc12. The standard InChI is InChI=1S/C21H19FN2O3S/c1-3-11-26-19(25)17-18-15-9-4-5-10-16(15)27-21(17,2)24(20(28)23-18)14-8-6-7-13(22)12-14/h3-10,12,17-18H,1,11H2,2H3,(H,23,28). The zero-order valence-electron chi connectivity index (χ0n) is 15.2. The largest absolute Gasteiger partial charge is 0.466 e. The number of thiocarbonyl (C=S) groups is 1. The van der Waals surface area contributed by atoms with Crippen LogP contribution in [0.4, 0.5) is 10.1 Å². The number of nitrogens with zero attached hydrogens (tertiary/aromatic N) is 1. The lowest BCUT2D eigenvalue weighted by Crippen LogP contribution is -2.71. The van der Waals surface area contributed by atoms with E-state index in [1.807, 2.05) is 24.3 Å². The maximum Gasteiger partial charge on any atom is 0.317 e. The molecule has 0 saturated carbocycles. The van der Waals surface area contributed by atoms with Gasteiger partial charge in [-0.25, -0.2) is 4.39 Å². The van der Waals surface area contributed by atoms with E-state index >= 15 is 0 Å². The first-order chi connectivity index (χ1) is 13.5. The van der Waals surface area contributed by atoms with Gasteiger partial charge in [0, 0.05) is 11.3 Å². The second-order valence-electron chi connectivity index (χ2n) is 6.83. The highest BCUT2D eigenvalue weighted by Gasteiger charge is 2.59. The van der Waals surface area contributed by atoms with Gasteiger partial charge in [0.05, 0.1) is 6.04 Å². The number of benzene rings is 2. The van der Waals surface area contributed by atoms with Crippen molar-refractivity contribution in [2.45, 2.75) is 18.7 Å². The Labute approximate surface area is 167 Å². The van der Waals surface area contributed by atoms with Crippen LogP contribution in [0.2, 0.25) is 0 Å². The van der Waals surface area contributed by atoms with Gasteiger partial charge in [-0.1, -0.05) is 36.9 Å². The van der Waals surface area contributed by atoms with E-state index in [-0.39, 0.29) is 6.61 Å². The molecule has 3 unspecified atom stereocenters. The van der Waals surface area contributed by atoms with E-state index in [1.54, 1.807) is 24.0 Å². The summed E-state index contributed by atoms with van der Waals surface area (Å²) in [5, 5.41) is 3.58. The summed E-state index contributed by atoms with van der Waals surface area (Å²) in [5.74, 6) is -0.956. The minimum atomic E-state index is -1.20. The van der Waals surface area contributed by atoms with Crippen LogP contribution in [0, 0.1) is 11.7 Å². The summed E-state index contributed by atoms with van der Waals surface area (Å²) >= 11 is 5.58. The van der Waals surface area contributed by atoms with Crippen LogP contribution in [0.25, 0.3) is 0 Å². The van der Waals surface area contributed by atoms with Gasteiger partial charge in [-0.2, -0.15) is 0 Å². The third-order valence-corrected chi connectivity index (χ3v) is 5.37. The number of esters is 1. The topological polar surface area (TPSA) is 50.8 Å². The number of hydrogen-bond acceptors (Lipinski definition) is 4. The number of nitrogens with one attached hydrogen (secondary N) is 1. The summed E-state index contributed by atoms with van der Waals surface area (Å²) in [5.41, 5.74) is 0.106. The van der Waals surface area contributed by atoms with Gasteiger partial charge >= 0.3 is 5.97 Å². The van der Waals surface area contributed by atoms with E-state index in [1.165, 1.54) is 18.2 Å². The molecular formula is C21H19FN2O3S. The zero-order valence-corrected chi connectivity index (χ0v) is 16.0. The van der Waals surface area contributed by atoms with Crippen molar-refractivity contribution < 1.29 is 18.7 Å². The molecule has 2 aromatic carbocycles. The van der Waals surface area contributed by atoms with Gasteiger partial charge in [0.15, 0.2) is 5.11 Å². The number of para-hydroxylation sites is 1. The smallest absolute Gasteiger partial charge is 0.317 e. The molecule has 4 rings (SSSR count). The summed E-state index contributed by atoms with van der Waals surface area (Å²) in [6.07, 6.45) is 1.51. The number of halogens is 1. The molecule has 7 heteroatoms. The Hall–Kier alpha value is -2.93. The molecule has 0 amide bonds. The second kappa shape index (κ2) is 6.91. The molecule has 0 radical (unpaired) electrons. The third-order valence-electron chi connectivity index (χ3n) is 5.07. The first-order valence-corrected chi connectivity index (χ1v) is 9.28. The molecule has 28 heavy (non-hydrogen) atoms. The lowest BCUT2D eigenvalue weighted by molar-refractivity contribution is -0.159. The Bertz CT molecular complexity index is 966. The van der Waals surface area contributed by atoms with E-state index in [4.69, 9.17) is 21.7 Å². The highest BCUT2D eigenvalue weighted by Crippen LogP contribution is 2.49. The molecule has 0 aromatic heterocycles. The maximum atomic E-state index is 13.9. The van der Waals surface area contributed by atoms with Crippen LogP contribution < -0.4 is 15.0 Å². The highest BCUT2D eigenvalue weighted by molar-refractivity contribution is 7.80. The average Bonchev–Trinajstić information content (AvgIpc) is 2.65. The Morgan fingerprint density at radius 2 is 2.18 bits per heavy atom. The van der Waals surface area contributed by atoms with Crippen molar-refractivity contribution in [3.05, 3.63) is 72.6 Å². The molecule has 0 spiro atoms. The van der Waals surface area contributed by atoms with Crippen LogP contribution in [0.5, 0.6) is 5.75 Å². The molecular weight excluding hydrogens is 379 g/mol. The van der Waals surface area contributed by atoms with Gasteiger partial charge < -0.3 is 14.8 Å². The fourth-order valence-corrected chi connectivity index (χ4v) is 4.34. The number of ether oxygens (including phenoxy) is 2. The van der Waals surface area contributed by atoms with Crippen LogP contribution >= 0.6 is 12.2 Å². The lowest BCUT2D eigenvalue weighted by atomic mass is 9.79. The molecule has 144 valence electrons. The number of fused-ring (bicyclic) bond motifs is 4. The normalized spacial score (nSPS) is 25.2. The van der Waals surface area contributed by atoms with Crippen molar-refractivity contribution in [3.63, 3.8) is 0 Å². The Morgan fingerprint density at radius 3 is 2.93 bits per heavy atom. The van der Waals surface area contributed by atoms with Crippen molar-refractivity contribution in [2.24, 2.45) is 5.92 Å². The Morgan fingerprint density at radius 1 is 1.39 bits per heavy atom. The van der Waals surface area contributed by atoms with E-state index in [2.05, 4.69) is 11.9 Å². The lowest BCUT2D eigenvalue weighted by Gasteiger charge is -2.55. The molecule has 0 aliphatic carbocycles. The molecule has 5 nitrogen and oxygen atoms in total. The molecule has 1 N–H and O–H groups in total.